The molecule has 3 aliphatic rings. The number of hydrogen-bond donors (Lipinski definition) is 0. The molecule has 1 aliphatic heterocycles. The third-order valence-corrected chi connectivity index (χ3v) is 38.2. The van der Waals surface area contributed by atoms with Crippen LogP contribution in [0.5, 0.6) is 0 Å². The van der Waals surface area contributed by atoms with E-state index in [4.69, 9.17) is 0 Å². The SMILES string of the molecule is CCc1ccccc1-c1c(C(C)C)ccc2c1C=C(c1ccccc1)[CH]2[Zr]([Cl])([Cl])([c]1cccc2c1[SiH2]c1ccccc1-2)[CH]1C(c2ccccc2)=Cc2c1ccc(C(C)C)c2-c1ccccc1CC. The Morgan fingerprint density at radius 3 is 1.35 bits per heavy atom. The van der Waals surface area contributed by atoms with E-state index < -0.39 is 25.9 Å². The summed E-state index contributed by atoms with van der Waals surface area (Å²) in [6, 6.07) is 66.1. The standard InChI is InChI=1S/2C26H25.C12H9Si.2ClH.Zr/c2*1-4-19-10-8-9-13-24(19)26-23(18(2)3)15-14-21-16-22(17-25(21)26)20-11-6-5-7-12-20;1-3-7-11-9(5-1)10-6-2-4-8-12(10)13-11;;;/h2*5-18H,4H2,1-3H3;1-7H,13H2;2*1H;/q;;;;;+2/p-2. The zero-order valence-electron chi connectivity index (χ0n) is 40.1. The first-order valence-electron chi connectivity index (χ1n) is 24.8. The second-order valence-corrected chi connectivity index (χ2v) is 42.4. The van der Waals surface area contributed by atoms with Crippen molar-refractivity contribution in [2.24, 2.45) is 0 Å². The van der Waals surface area contributed by atoms with Crippen molar-refractivity contribution in [3.8, 4) is 33.4 Å². The van der Waals surface area contributed by atoms with Crippen LogP contribution in [0.1, 0.15) is 116 Å². The van der Waals surface area contributed by atoms with Crippen molar-refractivity contribution in [1.82, 2.24) is 0 Å². The quantitative estimate of drug-likeness (QED) is 0.113. The van der Waals surface area contributed by atoms with Crippen molar-refractivity contribution in [3.05, 3.63) is 232 Å². The molecule has 1 heterocycles. The van der Waals surface area contributed by atoms with Crippen molar-refractivity contribution >= 4 is 63.5 Å². The van der Waals surface area contributed by atoms with Gasteiger partial charge in [0.1, 0.15) is 0 Å². The third kappa shape index (κ3) is 7.07. The van der Waals surface area contributed by atoms with Crippen LogP contribution in [0.3, 0.4) is 0 Å². The zero-order valence-corrected chi connectivity index (χ0v) is 45.5. The van der Waals surface area contributed by atoms with Crippen LogP contribution in [0.4, 0.5) is 0 Å². The molecule has 0 bridgehead atoms. The van der Waals surface area contributed by atoms with Gasteiger partial charge >= 0.3 is 418 Å². The minimum absolute atomic E-state index is 0.283. The molecule has 2 atom stereocenters. The molecule has 0 saturated heterocycles. The van der Waals surface area contributed by atoms with E-state index in [1.807, 2.05) is 0 Å². The summed E-state index contributed by atoms with van der Waals surface area (Å²) in [6.45, 7) is 13.9. The molecule has 8 aromatic rings. The summed E-state index contributed by atoms with van der Waals surface area (Å²) in [4.78, 5) is 0. The van der Waals surface area contributed by atoms with E-state index in [1.54, 1.807) is 0 Å². The van der Waals surface area contributed by atoms with Crippen molar-refractivity contribution < 1.29 is 16.4 Å². The molecule has 8 aromatic carbocycles. The topological polar surface area (TPSA) is 0 Å². The average Bonchev–Trinajstić information content (AvgIpc) is 4.09. The van der Waals surface area contributed by atoms with Gasteiger partial charge in [-0.25, -0.2) is 0 Å². The third-order valence-electron chi connectivity index (χ3n) is 15.7. The van der Waals surface area contributed by atoms with Gasteiger partial charge in [0.2, 0.25) is 0 Å². The Morgan fingerprint density at radius 2 is 0.882 bits per heavy atom. The van der Waals surface area contributed by atoms with Crippen LogP contribution in [0.15, 0.2) is 176 Å². The molecule has 0 radical (unpaired) electrons. The van der Waals surface area contributed by atoms with Gasteiger partial charge in [0.25, 0.3) is 0 Å². The Kier molecular flexibility index (Phi) is 11.8. The van der Waals surface area contributed by atoms with E-state index >= 15 is 0 Å². The van der Waals surface area contributed by atoms with E-state index in [9.17, 15) is 17.0 Å². The molecule has 0 saturated carbocycles. The number of rotatable bonds is 11. The number of aryl methyl sites for hydroxylation is 2. The van der Waals surface area contributed by atoms with E-state index in [0.29, 0.717) is 11.8 Å². The average molecular weight is 1020 g/mol. The fourth-order valence-electron chi connectivity index (χ4n) is 12.6. The Hall–Kier alpha value is -5.08. The number of hydrogen-bond acceptors (Lipinski definition) is 0. The minimum atomic E-state index is -6.05. The molecule has 4 heteroatoms. The molecule has 0 spiro atoms. The number of benzene rings is 8. The van der Waals surface area contributed by atoms with Gasteiger partial charge in [-0.2, -0.15) is 0 Å². The summed E-state index contributed by atoms with van der Waals surface area (Å²) in [5.74, 6) is 0.607. The fourth-order valence-corrected chi connectivity index (χ4v) is 39.6. The predicted molar refractivity (Wildman–Crippen MR) is 296 cm³/mol. The molecule has 0 fully saturated rings. The van der Waals surface area contributed by atoms with Gasteiger partial charge in [-0.1, -0.05) is 0 Å². The van der Waals surface area contributed by atoms with Gasteiger partial charge < -0.3 is 0 Å². The van der Waals surface area contributed by atoms with Crippen molar-refractivity contribution in [2.75, 3.05) is 0 Å². The Balaban J connectivity index is 1.31. The molecule has 11 rings (SSSR count). The monoisotopic (exact) mass is 1020 g/mol. The molecule has 2 unspecified atom stereocenters. The number of allylic oxidation sites excluding steroid dienone is 2. The van der Waals surface area contributed by atoms with Gasteiger partial charge in [-0.15, -0.1) is 0 Å². The molecule has 0 amide bonds. The summed E-state index contributed by atoms with van der Waals surface area (Å²) >= 11 is -6.05. The van der Waals surface area contributed by atoms with E-state index in [-0.39, 0.29) is 7.25 Å². The summed E-state index contributed by atoms with van der Waals surface area (Å²) in [7, 11) is 18.5. The second kappa shape index (κ2) is 17.7. The second-order valence-electron chi connectivity index (χ2n) is 20.0. The molecule has 2 aliphatic carbocycles. The van der Waals surface area contributed by atoms with Crippen molar-refractivity contribution in [3.63, 3.8) is 0 Å². The van der Waals surface area contributed by atoms with Gasteiger partial charge in [-0.3, -0.25) is 0 Å². The van der Waals surface area contributed by atoms with Crippen LogP contribution in [-0.2, 0) is 29.2 Å². The van der Waals surface area contributed by atoms with Gasteiger partial charge in [-0.05, 0) is 0 Å². The number of fused-ring (bicyclic) bond motifs is 5. The first-order valence-corrected chi connectivity index (χ1v) is 36.7. The summed E-state index contributed by atoms with van der Waals surface area (Å²) < 4.78 is 0.671. The van der Waals surface area contributed by atoms with Gasteiger partial charge in [0.05, 0.1) is 0 Å². The van der Waals surface area contributed by atoms with Crippen LogP contribution in [0.2, 0.25) is 0 Å². The predicted octanol–water partition coefficient (Wildman–Crippen LogP) is 15.7. The Bertz CT molecular complexity index is 3170. The fraction of sp³-hybridized carbons (Fsp3) is 0.188. The number of halogens is 2. The molecular formula is C64H59Cl2SiZr. The zero-order chi connectivity index (χ0) is 46.9. The summed E-state index contributed by atoms with van der Waals surface area (Å²) in [6.07, 6.45) is 6.95. The maximum absolute atomic E-state index is 9.74. The van der Waals surface area contributed by atoms with Crippen LogP contribution < -0.4 is 13.6 Å². The van der Waals surface area contributed by atoms with E-state index in [2.05, 4.69) is 230 Å². The Labute approximate surface area is 414 Å². The molecular weight excluding hydrogens is 959 g/mol. The van der Waals surface area contributed by atoms with E-state index in [0.717, 1.165) is 12.8 Å². The van der Waals surface area contributed by atoms with Crippen LogP contribution >= 0.6 is 17.0 Å². The normalized spacial score (nSPS) is 16.8. The van der Waals surface area contributed by atoms with Crippen molar-refractivity contribution in [1.29, 1.82) is 0 Å². The van der Waals surface area contributed by atoms with Gasteiger partial charge in [0.15, 0.2) is 0 Å². The summed E-state index contributed by atoms with van der Waals surface area (Å²) in [5, 5.41) is 2.90. The maximum atomic E-state index is 9.74. The Morgan fingerprint density at radius 1 is 0.456 bits per heavy atom. The summed E-state index contributed by atoms with van der Waals surface area (Å²) in [5.41, 5.74) is 23.2. The molecule has 0 nitrogen and oxygen atoms in total. The molecule has 0 N–H and O–H groups in total. The van der Waals surface area contributed by atoms with E-state index in [1.165, 1.54) is 114 Å². The molecule has 68 heavy (non-hydrogen) atoms. The van der Waals surface area contributed by atoms with Gasteiger partial charge in [0, 0.05) is 0 Å². The first kappa shape index (κ1) is 45.4. The first-order chi connectivity index (χ1) is 33.0. The van der Waals surface area contributed by atoms with Crippen molar-refractivity contribution in [2.45, 2.75) is 73.5 Å². The van der Waals surface area contributed by atoms with Crippen LogP contribution in [0, 0.1) is 0 Å². The molecule has 0 aromatic heterocycles. The molecule has 337 valence electrons. The van der Waals surface area contributed by atoms with Crippen LogP contribution in [0.25, 0.3) is 56.7 Å². The van der Waals surface area contributed by atoms with Crippen LogP contribution in [-0.4, -0.2) is 9.52 Å².